The lowest BCUT2D eigenvalue weighted by molar-refractivity contribution is 0.102. The zero-order chi connectivity index (χ0) is 14.0. The van der Waals surface area contributed by atoms with Gasteiger partial charge in [-0.1, -0.05) is 15.9 Å². The monoisotopic (exact) mass is 319 g/mol. The van der Waals surface area contributed by atoms with Crippen molar-refractivity contribution in [3.05, 3.63) is 51.6 Å². The van der Waals surface area contributed by atoms with Gasteiger partial charge < -0.3 is 11.1 Å². The maximum Gasteiger partial charge on any atom is 0.259 e. The Morgan fingerprint density at radius 2 is 1.95 bits per heavy atom. The van der Waals surface area contributed by atoms with Crippen molar-refractivity contribution >= 4 is 33.3 Å². The van der Waals surface area contributed by atoms with Crippen molar-refractivity contribution in [3.63, 3.8) is 0 Å². The van der Waals surface area contributed by atoms with Crippen LogP contribution in [0.1, 0.15) is 21.5 Å². The molecule has 1 heterocycles. The van der Waals surface area contributed by atoms with Gasteiger partial charge in [0, 0.05) is 16.4 Å². The molecule has 2 aromatic rings. The van der Waals surface area contributed by atoms with Gasteiger partial charge in [-0.3, -0.25) is 4.79 Å². The minimum atomic E-state index is -0.258. The van der Waals surface area contributed by atoms with Crippen molar-refractivity contribution in [2.75, 3.05) is 11.1 Å². The molecule has 1 aromatic carbocycles. The van der Waals surface area contributed by atoms with Gasteiger partial charge in [0.05, 0.1) is 5.56 Å². The number of amides is 1. The molecule has 2 rings (SSSR count). The van der Waals surface area contributed by atoms with Crippen LogP contribution < -0.4 is 11.1 Å². The molecule has 4 nitrogen and oxygen atoms in total. The number of benzene rings is 1. The van der Waals surface area contributed by atoms with E-state index >= 15 is 0 Å². The smallest absolute Gasteiger partial charge is 0.259 e. The van der Waals surface area contributed by atoms with E-state index in [1.807, 2.05) is 26.0 Å². The fourth-order valence-corrected chi connectivity index (χ4v) is 2.05. The van der Waals surface area contributed by atoms with E-state index in [1.165, 1.54) is 0 Å². The van der Waals surface area contributed by atoms with Crippen LogP contribution in [0.2, 0.25) is 0 Å². The Morgan fingerprint density at radius 3 is 2.53 bits per heavy atom. The number of nitrogens with zero attached hydrogens (tertiary/aromatic N) is 1. The topological polar surface area (TPSA) is 68.0 Å². The molecule has 3 N–H and O–H groups in total. The number of rotatable bonds is 2. The lowest BCUT2D eigenvalue weighted by Crippen LogP contribution is -2.14. The molecule has 5 heteroatoms. The van der Waals surface area contributed by atoms with Gasteiger partial charge in [-0.05, 0) is 49.2 Å². The zero-order valence-corrected chi connectivity index (χ0v) is 12.3. The Labute approximate surface area is 120 Å². The van der Waals surface area contributed by atoms with Gasteiger partial charge in [0.2, 0.25) is 0 Å². The van der Waals surface area contributed by atoms with Crippen LogP contribution in [-0.4, -0.2) is 10.9 Å². The second-order valence-electron chi connectivity index (χ2n) is 4.31. The predicted molar refractivity (Wildman–Crippen MR) is 80.2 cm³/mol. The minimum Gasteiger partial charge on any atom is -0.383 e. The van der Waals surface area contributed by atoms with E-state index in [0.717, 1.165) is 21.3 Å². The average molecular weight is 320 g/mol. The van der Waals surface area contributed by atoms with Gasteiger partial charge in [0.25, 0.3) is 5.91 Å². The van der Waals surface area contributed by atoms with Crippen LogP contribution in [0.25, 0.3) is 0 Å². The standard InChI is InChI=1S/C14H14BrN3O/c1-8-6-10(7-9(2)12(8)15)18-14(19)11-4-3-5-17-13(11)16/h3-7H,1-2H3,(H2,16,17)(H,18,19). The van der Waals surface area contributed by atoms with Crippen molar-refractivity contribution < 1.29 is 4.79 Å². The SMILES string of the molecule is Cc1cc(NC(=O)c2cccnc2N)cc(C)c1Br. The van der Waals surface area contributed by atoms with E-state index in [4.69, 9.17) is 5.73 Å². The molecule has 98 valence electrons. The first-order valence-electron chi connectivity index (χ1n) is 5.77. The third-order valence-electron chi connectivity index (χ3n) is 2.78. The number of hydrogen-bond acceptors (Lipinski definition) is 3. The average Bonchev–Trinajstić information content (AvgIpc) is 2.36. The van der Waals surface area contributed by atoms with Gasteiger partial charge >= 0.3 is 0 Å². The Hall–Kier alpha value is -1.88. The minimum absolute atomic E-state index is 0.227. The first-order chi connectivity index (χ1) is 8.99. The molecular formula is C14H14BrN3O. The molecule has 0 radical (unpaired) electrons. The molecule has 0 atom stereocenters. The molecule has 0 bridgehead atoms. The van der Waals surface area contributed by atoms with Crippen LogP contribution in [0.5, 0.6) is 0 Å². The first kappa shape index (κ1) is 13.5. The lowest BCUT2D eigenvalue weighted by Gasteiger charge is -2.10. The summed E-state index contributed by atoms with van der Waals surface area (Å²) in [5.41, 5.74) is 8.93. The summed E-state index contributed by atoms with van der Waals surface area (Å²) in [7, 11) is 0. The molecule has 1 amide bonds. The van der Waals surface area contributed by atoms with Crippen molar-refractivity contribution in [3.8, 4) is 0 Å². The summed E-state index contributed by atoms with van der Waals surface area (Å²) in [5, 5.41) is 2.83. The molecule has 0 aliphatic heterocycles. The van der Waals surface area contributed by atoms with Gasteiger partial charge in [-0.2, -0.15) is 0 Å². The Balaban J connectivity index is 2.27. The van der Waals surface area contributed by atoms with Crippen LogP contribution >= 0.6 is 15.9 Å². The maximum absolute atomic E-state index is 12.1. The van der Waals surface area contributed by atoms with E-state index in [-0.39, 0.29) is 11.7 Å². The summed E-state index contributed by atoms with van der Waals surface area (Å²) in [5.74, 6) is -0.0303. The third kappa shape index (κ3) is 2.93. The number of aryl methyl sites for hydroxylation is 2. The molecule has 0 unspecified atom stereocenters. The van der Waals surface area contributed by atoms with Crippen LogP contribution in [0.15, 0.2) is 34.9 Å². The summed E-state index contributed by atoms with van der Waals surface area (Å²) >= 11 is 3.49. The van der Waals surface area contributed by atoms with E-state index in [2.05, 4.69) is 26.2 Å². The fraction of sp³-hybridized carbons (Fsp3) is 0.143. The van der Waals surface area contributed by atoms with Gasteiger partial charge in [-0.15, -0.1) is 0 Å². The van der Waals surface area contributed by atoms with E-state index in [0.29, 0.717) is 5.56 Å². The Kier molecular flexibility index (Phi) is 3.85. The molecule has 0 fully saturated rings. The fourth-order valence-electron chi connectivity index (χ4n) is 1.83. The molecule has 0 saturated carbocycles. The van der Waals surface area contributed by atoms with Crippen LogP contribution in [-0.2, 0) is 0 Å². The summed E-state index contributed by atoms with van der Waals surface area (Å²) < 4.78 is 1.05. The summed E-state index contributed by atoms with van der Waals surface area (Å²) in [6, 6.07) is 7.14. The number of hydrogen-bond donors (Lipinski definition) is 2. The number of nitrogens with one attached hydrogen (secondary N) is 1. The van der Waals surface area contributed by atoms with Crippen molar-refractivity contribution in [1.82, 2.24) is 4.98 Å². The zero-order valence-electron chi connectivity index (χ0n) is 10.7. The number of nitrogens with two attached hydrogens (primary N) is 1. The Bertz CT molecular complexity index is 617. The Morgan fingerprint density at radius 1 is 1.32 bits per heavy atom. The largest absolute Gasteiger partial charge is 0.383 e. The van der Waals surface area contributed by atoms with E-state index < -0.39 is 0 Å². The number of carbonyl (C=O) groups excluding carboxylic acids is 1. The number of anilines is 2. The maximum atomic E-state index is 12.1. The number of aromatic nitrogens is 1. The van der Waals surface area contributed by atoms with Gasteiger partial charge in [0.15, 0.2) is 0 Å². The second-order valence-corrected chi connectivity index (χ2v) is 5.11. The molecule has 19 heavy (non-hydrogen) atoms. The molecular weight excluding hydrogens is 306 g/mol. The number of halogens is 1. The third-order valence-corrected chi connectivity index (χ3v) is 4.03. The highest BCUT2D eigenvalue weighted by molar-refractivity contribution is 9.10. The quantitative estimate of drug-likeness (QED) is 0.892. The molecule has 0 aliphatic rings. The van der Waals surface area contributed by atoms with Crippen molar-refractivity contribution in [1.29, 1.82) is 0 Å². The number of nitrogen functional groups attached to an aromatic ring is 1. The number of pyridine rings is 1. The van der Waals surface area contributed by atoms with Crippen LogP contribution in [0.4, 0.5) is 11.5 Å². The molecule has 0 aliphatic carbocycles. The molecule has 1 aromatic heterocycles. The van der Waals surface area contributed by atoms with E-state index in [9.17, 15) is 4.79 Å². The highest BCUT2D eigenvalue weighted by Crippen LogP contribution is 2.25. The lowest BCUT2D eigenvalue weighted by atomic mass is 10.1. The second kappa shape index (κ2) is 5.40. The summed E-state index contributed by atoms with van der Waals surface area (Å²) in [4.78, 5) is 16.0. The van der Waals surface area contributed by atoms with Crippen LogP contribution in [0, 0.1) is 13.8 Å². The highest BCUT2D eigenvalue weighted by Gasteiger charge is 2.11. The van der Waals surface area contributed by atoms with Crippen molar-refractivity contribution in [2.45, 2.75) is 13.8 Å². The van der Waals surface area contributed by atoms with Crippen molar-refractivity contribution in [2.24, 2.45) is 0 Å². The molecule has 0 spiro atoms. The normalized spacial score (nSPS) is 10.3. The van der Waals surface area contributed by atoms with E-state index in [1.54, 1.807) is 18.3 Å². The van der Waals surface area contributed by atoms with Gasteiger partial charge in [-0.25, -0.2) is 4.98 Å². The highest BCUT2D eigenvalue weighted by atomic mass is 79.9. The predicted octanol–water partition coefficient (Wildman–Crippen LogP) is 3.30. The van der Waals surface area contributed by atoms with Crippen LogP contribution in [0.3, 0.4) is 0 Å². The molecule has 0 saturated heterocycles. The summed E-state index contributed by atoms with van der Waals surface area (Å²) in [6.07, 6.45) is 1.56. The van der Waals surface area contributed by atoms with Gasteiger partial charge in [0.1, 0.15) is 5.82 Å². The first-order valence-corrected chi connectivity index (χ1v) is 6.57. The number of carbonyl (C=O) groups is 1. The summed E-state index contributed by atoms with van der Waals surface area (Å²) in [6.45, 7) is 3.95.